The molecule has 0 unspecified atom stereocenters. The zero-order valence-electron chi connectivity index (χ0n) is 13.1. The molecule has 0 saturated carbocycles. The summed E-state index contributed by atoms with van der Waals surface area (Å²) in [5.74, 6) is -0.631. The fourth-order valence-corrected chi connectivity index (χ4v) is 2.72. The number of non-ortho nitro benzene ring substituents is 1. The third kappa shape index (κ3) is 3.62. The van der Waals surface area contributed by atoms with Crippen molar-refractivity contribution in [2.75, 3.05) is 36.5 Å². The predicted octanol–water partition coefficient (Wildman–Crippen LogP) is 3.18. The summed E-state index contributed by atoms with van der Waals surface area (Å²) >= 11 is 0. The van der Waals surface area contributed by atoms with Crippen LogP contribution in [0.2, 0.25) is 0 Å². The number of halogens is 1. The lowest BCUT2D eigenvalue weighted by molar-refractivity contribution is -0.385. The molecule has 126 valence electrons. The number of hydrogen-bond donors (Lipinski definition) is 1. The normalized spacial score (nSPS) is 14.5. The maximum absolute atomic E-state index is 14.0. The van der Waals surface area contributed by atoms with Crippen LogP contribution >= 0.6 is 0 Å². The second-order valence-corrected chi connectivity index (χ2v) is 5.50. The second kappa shape index (κ2) is 7.27. The second-order valence-electron chi connectivity index (χ2n) is 5.50. The number of rotatable bonds is 5. The Kier molecular flexibility index (Phi) is 4.90. The van der Waals surface area contributed by atoms with E-state index in [9.17, 15) is 14.5 Å². The molecule has 1 heterocycles. The van der Waals surface area contributed by atoms with Crippen LogP contribution in [0.25, 0.3) is 0 Å². The van der Waals surface area contributed by atoms with Crippen molar-refractivity contribution in [3.05, 3.63) is 64.0 Å². The van der Waals surface area contributed by atoms with Gasteiger partial charge in [-0.05, 0) is 17.7 Å². The van der Waals surface area contributed by atoms with Crippen molar-refractivity contribution in [2.24, 2.45) is 0 Å². The number of nitrogens with one attached hydrogen (secondary N) is 1. The first-order chi connectivity index (χ1) is 11.6. The van der Waals surface area contributed by atoms with Crippen LogP contribution in [0, 0.1) is 15.9 Å². The minimum absolute atomic E-state index is 0.248. The van der Waals surface area contributed by atoms with E-state index in [1.807, 2.05) is 24.3 Å². The summed E-state index contributed by atoms with van der Waals surface area (Å²) < 4.78 is 19.3. The standard InChI is InChI=1S/C17H18FN3O3/c18-15-11-14(21(22)23)5-6-16(15)19-12-13-3-1-2-4-17(13)20-7-9-24-10-8-20/h1-6,11,19H,7-10,12H2. The van der Waals surface area contributed by atoms with Crippen LogP contribution in [0.1, 0.15) is 5.56 Å². The van der Waals surface area contributed by atoms with E-state index in [1.54, 1.807) is 0 Å². The fourth-order valence-electron chi connectivity index (χ4n) is 2.72. The van der Waals surface area contributed by atoms with Gasteiger partial charge >= 0.3 is 0 Å². The van der Waals surface area contributed by atoms with E-state index in [0.29, 0.717) is 19.8 Å². The number of nitrogens with zero attached hydrogens (tertiary/aromatic N) is 2. The minimum atomic E-state index is -0.631. The van der Waals surface area contributed by atoms with Crippen molar-refractivity contribution in [1.82, 2.24) is 0 Å². The molecule has 0 radical (unpaired) electrons. The highest BCUT2D eigenvalue weighted by Crippen LogP contribution is 2.25. The number of nitro benzene ring substituents is 1. The Morgan fingerprint density at radius 3 is 2.67 bits per heavy atom. The summed E-state index contributed by atoms with van der Waals surface area (Å²) in [6.07, 6.45) is 0. The van der Waals surface area contributed by atoms with E-state index in [0.717, 1.165) is 30.4 Å². The quantitative estimate of drug-likeness (QED) is 0.673. The van der Waals surface area contributed by atoms with Gasteiger partial charge in [0.1, 0.15) is 0 Å². The van der Waals surface area contributed by atoms with Gasteiger partial charge in [0.25, 0.3) is 5.69 Å². The van der Waals surface area contributed by atoms with Gasteiger partial charge < -0.3 is 15.0 Å². The third-order valence-corrected chi connectivity index (χ3v) is 3.98. The maximum Gasteiger partial charge on any atom is 0.272 e. The highest BCUT2D eigenvalue weighted by Gasteiger charge is 2.15. The zero-order valence-corrected chi connectivity index (χ0v) is 13.1. The molecule has 0 atom stereocenters. The zero-order chi connectivity index (χ0) is 16.9. The van der Waals surface area contributed by atoms with Gasteiger partial charge in [0.2, 0.25) is 0 Å². The number of ether oxygens (including phenoxy) is 1. The van der Waals surface area contributed by atoms with E-state index in [1.165, 1.54) is 12.1 Å². The number of para-hydroxylation sites is 1. The van der Waals surface area contributed by atoms with Crippen LogP contribution in [0.4, 0.5) is 21.5 Å². The van der Waals surface area contributed by atoms with Gasteiger partial charge in [-0.1, -0.05) is 18.2 Å². The van der Waals surface area contributed by atoms with E-state index in [2.05, 4.69) is 10.2 Å². The Morgan fingerprint density at radius 1 is 1.21 bits per heavy atom. The van der Waals surface area contributed by atoms with Crippen molar-refractivity contribution in [3.63, 3.8) is 0 Å². The lowest BCUT2D eigenvalue weighted by Gasteiger charge is -2.30. The molecule has 1 N–H and O–H groups in total. The molecule has 0 aliphatic carbocycles. The molecule has 0 bridgehead atoms. The van der Waals surface area contributed by atoms with Gasteiger partial charge in [-0.2, -0.15) is 0 Å². The van der Waals surface area contributed by atoms with Crippen molar-refractivity contribution >= 4 is 17.1 Å². The molecular formula is C17H18FN3O3. The van der Waals surface area contributed by atoms with Crippen molar-refractivity contribution in [2.45, 2.75) is 6.54 Å². The minimum Gasteiger partial charge on any atom is -0.379 e. The summed E-state index contributed by atoms with van der Waals surface area (Å²) in [6.45, 7) is 3.46. The summed E-state index contributed by atoms with van der Waals surface area (Å²) in [6, 6.07) is 11.5. The number of benzene rings is 2. The molecule has 7 heteroatoms. The lowest BCUT2D eigenvalue weighted by atomic mass is 10.1. The average molecular weight is 331 g/mol. The molecular weight excluding hydrogens is 313 g/mol. The molecule has 2 aromatic rings. The van der Waals surface area contributed by atoms with E-state index in [-0.39, 0.29) is 11.4 Å². The summed E-state index contributed by atoms with van der Waals surface area (Å²) in [5.41, 5.74) is 2.12. The van der Waals surface area contributed by atoms with Gasteiger partial charge in [0, 0.05) is 31.4 Å². The predicted molar refractivity (Wildman–Crippen MR) is 89.9 cm³/mol. The molecule has 24 heavy (non-hydrogen) atoms. The highest BCUT2D eigenvalue weighted by molar-refractivity contribution is 5.56. The monoisotopic (exact) mass is 331 g/mol. The highest BCUT2D eigenvalue weighted by atomic mass is 19.1. The van der Waals surface area contributed by atoms with Gasteiger partial charge in [-0.3, -0.25) is 10.1 Å². The molecule has 2 aromatic carbocycles. The van der Waals surface area contributed by atoms with Crippen LogP contribution < -0.4 is 10.2 Å². The summed E-state index contributed by atoms with van der Waals surface area (Å²) in [4.78, 5) is 12.3. The first kappa shape index (κ1) is 16.2. The third-order valence-electron chi connectivity index (χ3n) is 3.98. The Bertz CT molecular complexity index is 733. The summed E-state index contributed by atoms with van der Waals surface area (Å²) in [5, 5.41) is 13.7. The first-order valence-corrected chi connectivity index (χ1v) is 7.73. The number of anilines is 2. The SMILES string of the molecule is O=[N+]([O-])c1ccc(NCc2ccccc2N2CCOCC2)c(F)c1. The fraction of sp³-hybridized carbons (Fsp3) is 0.294. The number of hydrogen-bond acceptors (Lipinski definition) is 5. The van der Waals surface area contributed by atoms with Gasteiger partial charge in [0.15, 0.2) is 5.82 Å². The Hall–Kier alpha value is -2.67. The maximum atomic E-state index is 14.0. The molecule has 6 nitrogen and oxygen atoms in total. The molecule has 0 spiro atoms. The van der Waals surface area contributed by atoms with Crippen LogP contribution in [-0.2, 0) is 11.3 Å². The summed E-state index contributed by atoms with van der Waals surface area (Å²) in [7, 11) is 0. The topological polar surface area (TPSA) is 67.6 Å². The largest absolute Gasteiger partial charge is 0.379 e. The average Bonchev–Trinajstić information content (AvgIpc) is 2.61. The lowest BCUT2D eigenvalue weighted by Crippen LogP contribution is -2.36. The van der Waals surface area contributed by atoms with Crippen molar-refractivity contribution in [3.8, 4) is 0 Å². The first-order valence-electron chi connectivity index (χ1n) is 7.73. The van der Waals surface area contributed by atoms with Crippen LogP contribution in [0.15, 0.2) is 42.5 Å². The van der Waals surface area contributed by atoms with E-state index >= 15 is 0 Å². The number of morpholine rings is 1. The Balaban J connectivity index is 1.74. The smallest absolute Gasteiger partial charge is 0.272 e. The van der Waals surface area contributed by atoms with Crippen LogP contribution in [0.3, 0.4) is 0 Å². The van der Waals surface area contributed by atoms with Crippen molar-refractivity contribution in [1.29, 1.82) is 0 Å². The van der Waals surface area contributed by atoms with Crippen LogP contribution in [0.5, 0.6) is 0 Å². The molecule has 1 saturated heterocycles. The van der Waals surface area contributed by atoms with E-state index in [4.69, 9.17) is 4.74 Å². The van der Waals surface area contributed by atoms with Gasteiger partial charge in [-0.15, -0.1) is 0 Å². The molecule has 1 aliphatic rings. The Labute approximate surface area is 139 Å². The van der Waals surface area contributed by atoms with Crippen molar-refractivity contribution < 1.29 is 14.1 Å². The molecule has 0 aromatic heterocycles. The van der Waals surface area contributed by atoms with Gasteiger partial charge in [-0.25, -0.2) is 4.39 Å². The molecule has 3 rings (SSSR count). The van der Waals surface area contributed by atoms with E-state index < -0.39 is 10.7 Å². The van der Waals surface area contributed by atoms with Gasteiger partial charge in [0.05, 0.1) is 29.9 Å². The molecule has 1 fully saturated rings. The molecule has 1 aliphatic heterocycles. The molecule has 0 amide bonds. The Morgan fingerprint density at radius 2 is 1.96 bits per heavy atom. The van der Waals surface area contributed by atoms with Crippen LogP contribution in [-0.4, -0.2) is 31.2 Å². The number of nitro groups is 1.